The highest BCUT2D eigenvalue weighted by Crippen LogP contribution is 2.39. The maximum atomic E-state index is 11.9. The summed E-state index contributed by atoms with van der Waals surface area (Å²) in [6, 6.07) is 8.69. The summed E-state index contributed by atoms with van der Waals surface area (Å²) in [6.07, 6.45) is 22.3. The van der Waals surface area contributed by atoms with Gasteiger partial charge < -0.3 is 10.5 Å². The molecule has 37 heavy (non-hydrogen) atoms. The first-order valence-corrected chi connectivity index (χ1v) is 15.2. The summed E-state index contributed by atoms with van der Waals surface area (Å²) in [6.45, 7) is 9.88. The Balaban J connectivity index is 1.73. The van der Waals surface area contributed by atoms with E-state index in [1.54, 1.807) is 0 Å². The summed E-state index contributed by atoms with van der Waals surface area (Å²) < 4.78 is 5.93. The summed E-state index contributed by atoms with van der Waals surface area (Å²) in [4.78, 5) is 11.9. The second kappa shape index (κ2) is 17.6. The molecule has 0 saturated heterocycles. The Hall–Kier alpha value is -1.87. The number of unbranched alkanes of at least 4 members (excludes halogenated alkanes) is 6. The van der Waals surface area contributed by atoms with E-state index < -0.39 is 0 Å². The van der Waals surface area contributed by atoms with Crippen LogP contribution < -0.4 is 10.5 Å². The Morgan fingerprint density at radius 1 is 0.973 bits per heavy atom. The lowest BCUT2D eigenvalue weighted by molar-refractivity contribution is -0.119. The zero-order valence-electron chi connectivity index (χ0n) is 24.5. The summed E-state index contributed by atoms with van der Waals surface area (Å²) in [5.41, 5.74) is 10.9. The normalized spacial score (nSPS) is 17.0. The number of carbonyl (C=O) groups is 1. The number of ether oxygens (including phenoxy) is 1. The molecule has 1 atom stereocenters. The number of hydrogen-bond donors (Lipinski definition) is 1. The zero-order chi connectivity index (χ0) is 26.9. The van der Waals surface area contributed by atoms with Crippen molar-refractivity contribution in [3.05, 3.63) is 53.1 Å². The molecule has 3 nitrogen and oxygen atoms in total. The first-order chi connectivity index (χ1) is 17.8. The molecule has 1 aromatic rings. The predicted octanol–water partition coefficient (Wildman–Crippen LogP) is 9.29. The lowest BCUT2D eigenvalue weighted by atomic mass is 9.74. The molecular formula is C34H55NO2. The first-order valence-electron chi connectivity index (χ1n) is 15.2. The summed E-state index contributed by atoms with van der Waals surface area (Å²) >= 11 is 0. The third kappa shape index (κ3) is 14.0. The predicted molar refractivity (Wildman–Crippen MR) is 159 cm³/mol. The van der Waals surface area contributed by atoms with E-state index >= 15 is 0 Å². The molecule has 1 unspecified atom stereocenters. The topological polar surface area (TPSA) is 52.3 Å². The van der Waals surface area contributed by atoms with Gasteiger partial charge in [-0.1, -0.05) is 95.2 Å². The van der Waals surface area contributed by atoms with Gasteiger partial charge in [0.05, 0.1) is 6.61 Å². The molecule has 3 heteroatoms. The van der Waals surface area contributed by atoms with Gasteiger partial charge >= 0.3 is 0 Å². The molecule has 208 valence electrons. The van der Waals surface area contributed by atoms with E-state index in [-0.39, 0.29) is 6.04 Å². The average molecular weight is 510 g/mol. The van der Waals surface area contributed by atoms with Crippen molar-refractivity contribution in [3.63, 3.8) is 0 Å². The van der Waals surface area contributed by atoms with Gasteiger partial charge in [0.2, 0.25) is 0 Å². The van der Waals surface area contributed by atoms with Crippen LogP contribution in [-0.2, 0) is 11.2 Å². The number of nitrogens with two attached hydrogens (primary N) is 1. The van der Waals surface area contributed by atoms with Crippen molar-refractivity contribution < 1.29 is 9.53 Å². The van der Waals surface area contributed by atoms with Crippen LogP contribution in [0.3, 0.4) is 0 Å². The first kappa shape index (κ1) is 31.3. The zero-order valence-corrected chi connectivity index (χ0v) is 24.5. The van der Waals surface area contributed by atoms with Crippen LogP contribution in [0.15, 0.2) is 47.6 Å². The van der Waals surface area contributed by atoms with Gasteiger partial charge in [0, 0.05) is 18.9 Å². The molecule has 0 amide bonds. The lowest BCUT2D eigenvalue weighted by Gasteiger charge is -2.32. The van der Waals surface area contributed by atoms with Crippen LogP contribution in [0.25, 0.3) is 0 Å². The number of hydrogen-bond acceptors (Lipinski definition) is 3. The number of benzene rings is 1. The van der Waals surface area contributed by atoms with E-state index in [2.05, 4.69) is 64.1 Å². The second-order valence-corrected chi connectivity index (χ2v) is 12.0. The van der Waals surface area contributed by atoms with Gasteiger partial charge in [-0.15, -0.1) is 0 Å². The van der Waals surface area contributed by atoms with E-state index in [9.17, 15) is 4.79 Å². The fraction of sp³-hybridized carbons (Fsp3) is 0.676. The molecule has 1 aliphatic rings. The largest absolute Gasteiger partial charge is 0.494 e. The molecule has 0 heterocycles. The standard InChI is InChI=1S/C34H55NO2/c1-5-7-8-9-10-13-23-37-33-21-18-28(19-22-33)15-11-12-16-29-24-30(27-34(3,4)26-29)17-20-31(35)25-32(36)14-6-2/h16,18-19,21-22,24,31H,5-15,17,20,23,25-27,35H2,1-4H3/b29-16-. The summed E-state index contributed by atoms with van der Waals surface area (Å²) in [5.74, 6) is 1.31. The molecule has 0 spiro atoms. The van der Waals surface area contributed by atoms with E-state index in [1.165, 1.54) is 48.8 Å². The maximum Gasteiger partial charge on any atom is 0.134 e. The molecular weight excluding hydrogens is 454 g/mol. The SMILES string of the molecule is CCCCCCCCOc1ccc(CCC/C=C2/C=C(CCC(N)CC(=O)CCC)CC(C)(C)C2)cc1. The van der Waals surface area contributed by atoms with Crippen molar-refractivity contribution in [2.45, 2.75) is 136 Å². The third-order valence-electron chi connectivity index (χ3n) is 7.40. The van der Waals surface area contributed by atoms with Crippen LogP contribution in [0.4, 0.5) is 0 Å². The number of Topliss-reactive ketones (excluding diaryl/α,β-unsaturated/α-hetero) is 1. The van der Waals surface area contributed by atoms with Gasteiger partial charge in [0.15, 0.2) is 0 Å². The van der Waals surface area contributed by atoms with Gasteiger partial charge in [-0.25, -0.2) is 0 Å². The van der Waals surface area contributed by atoms with Gasteiger partial charge in [0.25, 0.3) is 0 Å². The van der Waals surface area contributed by atoms with Crippen LogP contribution in [-0.4, -0.2) is 18.4 Å². The van der Waals surface area contributed by atoms with Crippen molar-refractivity contribution in [1.29, 1.82) is 0 Å². The minimum absolute atomic E-state index is 0.00948. The average Bonchev–Trinajstić information content (AvgIpc) is 2.85. The third-order valence-corrected chi connectivity index (χ3v) is 7.40. The van der Waals surface area contributed by atoms with Crippen molar-refractivity contribution in [2.75, 3.05) is 6.61 Å². The van der Waals surface area contributed by atoms with Gasteiger partial charge in [-0.05, 0) is 80.9 Å². The fourth-order valence-electron chi connectivity index (χ4n) is 5.45. The molecule has 0 aliphatic heterocycles. The second-order valence-electron chi connectivity index (χ2n) is 12.0. The number of rotatable bonds is 19. The quantitative estimate of drug-likeness (QED) is 0.189. The Morgan fingerprint density at radius 3 is 2.43 bits per heavy atom. The molecule has 1 aliphatic carbocycles. The number of ketones is 1. The molecule has 0 radical (unpaired) electrons. The highest BCUT2D eigenvalue weighted by Gasteiger charge is 2.25. The maximum absolute atomic E-state index is 11.9. The Bertz CT molecular complexity index is 834. The van der Waals surface area contributed by atoms with Gasteiger partial charge in [-0.2, -0.15) is 0 Å². The Morgan fingerprint density at radius 2 is 1.70 bits per heavy atom. The molecule has 0 bridgehead atoms. The van der Waals surface area contributed by atoms with Crippen LogP contribution in [0.2, 0.25) is 0 Å². The van der Waals surface area contributed by atoms with Crippen molar-refractivity contribution in [2.24, 2.45) is 11.1 Å². The smallest absolute Gasteiger partial charge is 0.134 e. The van der Waals surface area contributed by atoms with Gasteiger partial charge in [0.1, 0.15) is 11.5 Å². The molecule has 2 rings (SSSR count). The highest BCUT2D eigenvalue weighted by molar-refractivity contribution is 5.78. The van der Waals surface area contributed by atoms with Crippen molar-refractivity contribution in [1.82, 2.24) is 0 Å². The lowest BCUT2D eigenvalue weighted by Crippen LogP contribution is -2.24. The van der Waals surface area contributed by atoms with Crippen molar-refractivity contribution in [3.8, 4) is 5.75 Å². The molecule has 0 saturated carbocycles. The van der Waals surface area contributed by atoms with Crippen LogP contribution in [0.1, 0.15) is 130 Å². The van der Waals surface area contributed by atoms with Gasteiger partial charge in [-0.3, -0.25) is 4.79 Å². The number of carbonyl (C=O) groups excluding carboxylic acids is 1. The summed E-state index contributed by atoms with van der Waals surface area (Å²) in [7, 11) is 0. The fourth-order valence-corrected chi connectivity index (χ4v) is 5.45. The summed E-state index contributed by atoms with van der Waals surface area (Å²) in [5, 5.41) is 0. The minimum Gasteiger partial charge on any atom is -0.494 e. The van der Waals surface area contributed by atoms with Crippen LogP contribution in [0.5, 0.6) is 5.75 Å². The highest BCUT2D eigenvalue weighted by atomic mass is 16.5. The van der Waals surface area contributed by atoms with E-state index in [0.29, 0.717) is 24.0 Å². The van der Waals surface area contributed by atoms with E-state index in [0.717, 1.165) is 70.1 Å². The number of aryl methyl sites for hydroxylation is 1. The van der Waals surface area contributed by atoms with Crippen LogP contribution >= 0.6 is 0 Å². The minimum atomic E-state index is -0.00948. The Kier molecular flexibility index (Phi) is 14.9. The molecule has 1 aromatic carbocycles. The Labute approximate surface area is 228 Å². The van der Waals surface area contributed by atoms with E-state index in [4.69, 9.17) is 10.5 Å². The van der Waals surface area contributed by atoms with Crippen LogP contribution in [0, 0.1) is 5.41 Å². The number of allylic oxidation sites excluding steroid dienone is 4. The van der Waals surface area contributed by atoms with Crippen molar-refractivity contribution >= 4 is 5.78 Å². The molecule has 0 aromatic heterocycles. The monoisotopic (exact) mass is 509 g/mol. The molecule has 2 N–H and O–H groups in total. The van der Waals surface area contributed by atoms with E-state index in [1.807, 2.05) is 0 Å². The molecule has 0 fully saturated rings.